The number of nitro benzene ring substituents is 1. The molecule has 0 aliphatic heterocycles. The van der Waals surface area contributed by atoms with E-state index in [0.717, 1.165) is 18.2 Å². The number of halogens is 1. The van der Waals surface area contributed by atoms with Gasteiger partial charge in [-0.25, -0.2) is 13.1 Å². The van der Waals surface area contributed by atoms with Crippen LogP contribution < -0.4 is 4.72 Å². The van der Waals surface area contributed by atoms with Crippen LogP contribution in [-0.2, 0) is 19.5 Å². The van der Waals surface area contributed by atoms with Crippen molar-refractivity contribution >= 4 is 15.7 Å². The molecule has 10 heteroatoms. The van der Waals surface area contributed by atoms with Crippen LogP contribution in [0.3, 0.4) is 0 Å². The van der Waals surface area contributed by atoms with Crippen molar-refractivity contribution in [3.05, 3.63) is 34.1 Å². The normalized spacial score (nSPS) is 24.2. The molecule has 1 saturated carbocycles. The molecule has 1 aromatic carbocycles. The predicted octanol–water partition coefficient (Wildman–Crippen LogP) is 1.20. The summed E-state index contributed by atoms with van der Waals surface area (Å²) >= 11 is 0. The lowest BCUT2D eigenvalue weighted by molar-refractivity contribution is -0.390. The number of rotatable bonds is 7. The highest BCUT2D eigenvalue weighted by Crippen LogP contribution is 2.31. The van der Waals surface area contributed by atoms with E-state index in [1.165, 1.54) is 7.11 Å². The Bertz CT molecular complexity index is 696. The Labute approximate surface area is 132 Å². The number of hydrogen-bond donors (Lipinski definition) is 1. The number of benzene rings is 1. The average Bonchev–Trinajstić information content (AvgIpc) is 2.45. The van der Waals surface area contributed by atoms with Gasteiger partial charge in [0, 0.05) is 13.7 Å². The minimum absolute atomic E-state index is 0.250. The largest absolute Gasteiger partial charge is 0.377 e. The number of nitrogens with one attached hydrogen (secondary N) is 1. The van der Waals surface area contributed by atoms with E-state index < -0.39 is 43.5 Å². The maximum Gasteiger partial charge on any atom is 0.324 e. The zero-order valence-corrected chi connectivity index (χ0v) is 13.4. The van der Waals surface area contributed by atoms with Crippen molar-refractivity contribution in [2.75, 3.05) is 13.7 Å². The summed E-state index contributed by atoms with van der Waals surface area (Å²) in [5.41, 5.74) is -1.07. The molecule has 1 N–H and O–H groups in total. The van der Waals surface area contributed by atoms with Crippen molar-refractivity contribution in [1.29, 1.82) is 0 Å². The molecule has 0 unspecified atom stereocenters. The van der Waals surface area contributed by atoms with Crippen molar-refractivity contribution < 1.29 is 27.2 Å². The molecule has 23 heavy (non-hydrogen) atoms. The molecule has 128 valence electrons. The summed E-state index contributed by atoms with van der Waals surface area (Å²) in [6.07, 6.45) is -0.383. The van der Waals surface area contributed by atoms with Crippen LogP contribution in [0.25, 0.3) is 0 Å². The molecule has 1 fully saturated rings. The maximum absolute atomic E-state index is 13.6. The van der Waals surface area contributed by atoms with Gasteiger partial charge in [-0.1, -0.05) is 6.07 Å². The average molecular weight is 348 g/mol. The van der Waals surface area contributed by atoms with Crippen molar-refractivity contribution in [2.45, 2.75) is 36.5 Å². The molecule has 3 atom stereocenters. The van der Waals surface area contributed by atoms with Gasteiger partial charge in [0.1, 0.15) is 0 Å². The van der Waals surface area contributed by atoms with Crippen LogP contribution in [0, 0.1) is 15.9 Å². The van der Waals surface area contributed by atoms with Crippen LogP contribution >= 0.6 is 0 Å². The second-order valence-electron chi connectivity index (χ2n) is 5.00. The summed E-state index contributed by atoms with van der Waals surface area (Å²) in [6, 6.07) is 2.34. The number of nitrogens with zero attached hydrogens (tertiary/aromatic N) is 1. The first-order valence-electron chi connectivity index (χ1n) is 6.91. The SMILES string of the molecule is CCO[C@@H]1C[C@@H](NS(=O)(=O)c2cccc(F)c2[N+](=O)[O-])[C@H]1OC. The molecule has 0 bridgehead atoms. The fourth-order valence-electron chi connectivity index (χ4n) is 2.54. The molecule has 0 aromatic heterocycles. The fraction of sp³-hybridized carbons (Fsp3) is 0.538. The van der Waals surface area contributed by atoms with E-state index in [1.54, 1.807) is 6.92 Å². The first-order valence-corrected chi connectivity index (χ1v) is 8.39. The highest BCUT2D eigenvalue weighted by atomic mass is 32.2. The third kappa shape index (κ3) is 3.50. The number of ether oxygens (including phenoxy) is 2. The molecular weight excluding hydrogens is 331 g/mol. The first-order chi connectivity index (χ1) is 10.8. The lowest BCUT2D eigenvalue weighted by Gasteiger charge is -2.42. The van der Waals surface area contributed by atoms with Crippen LogP contribution in [0.5, 0.6) is 0 Å². The Morgan fingerprint density at radius 2 is 2.17 bits per heavy atom. The van der Waals surface area contributed by atoms with Gasteiger partial charge >= 0.3 is 5.69 Å². The van der Waals surface area contributed by atoms with Gasteiger partial charge in [-0.2, -0.15) is 4.39 Å². The summed E-state index contributed by atoms with van der Waals surface area (Å²) in [5, 5.41) is 10.9. The Kier molecular flexibility index (Phi) is 5.30. The molecule has 0 amide bonds. The maximum atomic E-state index is 13.6. The van der Waals surface area contributed by atoms with Crippen LogP contribution in [-0.4, -0.2) is 45.3 Å². The monoisotopic (exact) mass is 348 g/mol. The number of hydrogen-bond acceptors (Lipinski definition) is 6. The molecule has 0 spiro atoms. The summed E-state index contributed by atoms with van der Waals surface area (Å²) in [7, 11) is -2.85. The Hall–Kier alpha value is -1.62. The van der Waals surface area contributed by atoms with Gasteiger partial charge in [-0.15, -0.1) is 0 Å². The van der Waals surface area contributed by atoms with Gasteiger partial charge < -0.3 is 9.47 Å². The summed E-state index contributed by atoms with van der Waals surface area (Å²) < 4.78 is 51.2. The minimum atomic E-state index is -4.27. The van der Waals surface area contributed by atoms with E-state index in [-0.39, 0.29) is 6.10 Å². The third-order valence-electron chi connectivity index (χ3n) is 3.63. The second kappa shape index (κ2) is 6.87. The van der Waals surface area contributed by atoms with Crippen molar-refractivity contribution in [2.24, 2.45) is 0 Å². The van der Waals surface area contributed by atoms with Crippen molar-refractivity contribution in [1.82, 2.24) is 4.72 Å². The Balaban J connectivity index is 2.24. The van der Waals surface area contributed by atoms with Crippen molar-refractivity contribution in [3.8, 4) is 0 Å². The zero-order chi connectivity index (χ0) is 17.2. The predicted molar refractivity (Wildman–Crippen MR) is 78.0 cm³/mol. The third-order valence-corrected chi connectivity index (χ3v) is 5.15. The molecule has 0 heterocycles. The minimum Gasteiger partial charge on any atom is -0.377 e. The van der Waals surface area contributed by atoms with Crippen LogP contribution in [0.4, 0.5) is 10.1 Å². The fourth-order valence-corrected chi connectivity index (χ4v) is 3.98. The Morgan fingerprint density at radius 1 is 1.48 bits per heavy atom. The lowest BCUT2D eigenvalue weighted by atomic mass is 9.86. The van der Waals surface area contributed by atoms with E-state index in [4.69, 9.17) is 9.47 Å². The van der Waals surface area contributed by atoms with E-state index in [2.05, 4.69) is 4.72 Å². The molecular formula is C13H17FN2O6S. The van der Waals surface area contributed by atoms with Crippen LogP contribution in [0.15, 0.2) is 23.1 Å². The standard InChI is InChI=1S/C13H17FN2O6S/c1-3-22-10-7-9(13(10)21-2)15-23(19,20)11-6-4-5-8(14)12(11)16(17)18/h4-6,9-10,13,15H,3,7H2,1-2H3/t9-,10-,13-/m1/s1. The van der Waals surface area contributed by atoms with Gasteiger partial charge in [0.2, 0.25) is 15.8 Å². The molecule has 2 rings (SSSR count). The number of sulfonamides is 1. The molecule has 8 nitrogen and oxygen atoms in total. The quantitative estimate of drug-likeness (QED) is 0.586. The number of methoxy groups -OCH3 is 1. The van der Waals surface area contributed by atoms with E-state index in [1.807, 2.05) is 0 Å². The second-order valence-corrected chi connectivity index (χ2v) is 6.68. The van der Waals surface area contributed by atoms with E-state index >= 15 is 0 Å². The molecule has 1 aliphatic carbocycles. The lowest BCUT2D eigenvalue weighted by Crippen LogP contribution is -2.60. The molecule has 1 aromatic rings. The summed E-state index contributed by atoms with van der Waals surface area (Å²) in [5.74, 6) is -1.21. The van der Waals surface area contributed by atoms with Crippen LogP contribution in [0.1, 0.15) is 13.3 Å². The van der Waals surface area contributed by atoms with E-state index in [0.29, 0.717) is 13.0 Å². The van der Waals surface area contributed by atoms with Gasteiger partial charge in [0.15, 0.2) is 4.90 Å². The molecule has 1 aliphatic rings. The number of para-hydroxylation sites is 1. The number of nitro groups is 1. The van der Waals surface area contributed by atoms with E-state index in [9.17, 15) is 22.9 Å². The topological polar surface area (TPSA) is 108 Å². The van der Waals surface area contributed by atoms with Crippen molar-refractivity contribution in [3.63, 3.8) is 0 Å². The highest BCUT2D eigenvalue weighted by Gasteiger charge is 2.45. The molecule has 0 radical (unpaired) electrons. The summed E-state index contributed by atoms with van der Waals surface area (Å²) in [4.78, 5) is 9.18. The van der Waals surface area contributed by atoms with Gasteiger partial charge in [0.25, 0.3) is 0 Å². The van der Waals surface area contributed by atoms with Gasteiger partial charge in [0.05, 0.1) is 23.2 Å². The van der Waals surface area contributed by atoms with Crippen LogP contribution in [0.2, 0.25) is 0 Å². The Morgan fingerprint density at radius 3 is 2.74 bits per heavy atom. The first kappa shape index (κ1) is 17.7. The van der Waals surface area contributed by atoms with Gasteiger partial charge in [-0.3, -0.25) is 10.1 Å². The highest BCUT2D eigenvalue weighted by molar-refractivity contribution is 7.89. The zero-order valence-electron chi connectivity index (χ0n) is 12.6. The van der Waals surface area contributed by atoms with Gasteiger partial charge in [-0.05, 0) is 25.5 Å². The smallest absolute Gasteiger partial charge is 0.324 e. The molecule has 0 saturated heterocycles. The summed E-state index contributed by atoms with van der Waals surface area (Å²) in [6.45, 7) is 2.26.